The predicted octanol–water partition coefficient (Wildman–Crippen LogP) is 1.96. The van der Waals surface area contributed by atoms with E-state index in [4.69, 9.17) is 0 Å². The minimum Gasteiger partial charge on any atom is -0.326 e. The molecule has 1 saturated heterocycles. The summed E-state index contributed by atoms with van der Waals surface area (Å²) in [5.41, 5.74) is 7.66. The zero-order valence-corrected chi connectivity index (χ0v) is 11.5. The van der Waals surface area contributed by atoms with Gasteiger partial charge in [-0.05, 0) is 44.5 Å². The van der Waals surface area contributed by atoms with Crippen molar-refractivity contribution in [3.05, 3.63) is 29.6 Å². The Morgan fingerprint density at radius 3 is 2.53 bits per heavy atom. The van der Waals surface area contributed by atoms with Gasteiger partial charge in [0.15, 0.2) is 0 Å². The van der Waals surface area contributed by atoms with E-state index in [0.717, 1.165) is 5.56 Å². The summed E-state index contributed by atoms with van der Waals surface area (Å²) in [6.07, 6.45) is 0.444. The average molecular weight is 265 g/mol. The summed E-state index contributed by atoms with van der Waals surface area (Å²) in [6, 6.07) is 4.89. The Morgan fingerprint density at radius 2 is 1.95 bits per heavy atom. The molecule has 0 spiro atoms. The van der Waals surface area contributed by atoms with Crippen molar-refractivity contribution >= 4 is 11.6 Å². The first kappa shape index (κ1) is 14.0. The molecule has 5 heteroatoms. The lowest BCUT2D eigenvalue weighted by Gasteiger charge is -2.17. The van der Waals surface area contributed by atoms with Crippen LogP contribution >= 0.6 is 0 Å². The summed E-state index contributed by atoms with van der Waals surface area (Å²) in [5.74, 6) is -0.0772. The number of anilines is 1. The molecule has 1 heterocycles. The highest BCUT2D eigenvalue weighted by molar-refractivity contribution is 5.91. The molecule has 0 aromatic heterocycles. The Balaban J connectivity index is 1.97. The molecule has 19 heavy (non-hydrogen) atoms. The second kappa shape index (κ2) is 5.67. The van der Waals surface area contributed by atoms with Crippen LogP contribution in [0.5, 0.6) is 0 Å². The number of carbonyl (C=O) groups excluding carboxylic acids is 1. The highest BCUT2D eigenvalue weighted by Crippen LogP contribution is 2.21. The Kier molecular flexibility index (Phi) is 4.17. The standard InChI is InChI=1S/C14H20FN3O/c1-8-6-11(15)4-5-13(8)16-14(19)7-12-9(2)17-18-10(12)3/h4-6,9-10,12,17-18H,7H2,1-3H3,(H,16,19). The predicted molar refractivity (Wildman–Crippen MR) is 73.1 cm³/mol. The van der Waals surface area contributed by atoms with Crippen LogP contribution in [0.2, 0.25) is 0 Å². The normalized spacial score (nSPS) is 26.4. The Morgan fingerprint density at radius 1 is 1.32 bits per heavy atom. The first-order chi connectivity index (χ1) is 8.97. The van der Waals surface area contributed by atoms with E-state index < -0.39 is 0 Å². The molecule has 0 aliphatic carbocycles. The average Bonchev–Trinajstić information content (AvgIpc) is 2.65. The van der Waals surface area contributed by atoms with Gasteiger partial charge < -0.3 is 5.32 Å². The summed E-state index contributed by atoms with van der Waals surface area (Å²) in [5, 5.41) is 2.84. The molecule has 2 rings (SSSR count). The molecule has 1 aliphatic heterocycles. The molecule has 1 aromatic rings. The van der Waals surface area contributed by atoms with Gasteiger partial charge in [0.1, 0.15) is 5.82 Å². The van der Waals surface area contributed by atoms with Gasteiger partial charge in [-0.25, -0.2) is 4.39 Å². The molecule has 0 saturated carbocycles. The van der Waals surface area contributed by atoms with Crippen molar-refractivity contribution in [2.45, 2.75) is 39.3 Å². The molecule has 1 aliphatic rings. The summed E-state index contributed by atoms with van der Waals surface area (Å²) < 4.78 is 13.0. The maximum Gasteiger partial charge on any atom is 0.224 e. The molecule has 104 valence electrons. The van der Waals surface area contributed by atoms with Gasteiger partial charge in [0.25, 0.3) is 0 Å². The molecule has 0 radical (unpaired) electrons. The number of benzene rings is 1. The maximum atomic E-state index is 13.0. The zero-order valence-electron chi connectivity index (χ0n) is 11.5. The summed E-state index contributed by atoms with van der Waals surface area (Å²) in [4.78, 5) is 12.0. The minimum absolute atomic E-state index is 0.0380. The first-order valence-electron chi connectivity index (χ1n) is 6.54. The lowest BCUT2D eigenvalue weighted by Crippen LogP contribution is -2.30. The maximum absolute atomic E-state index is 13.0. The van der Waals surface area contributed by atoms with Crippen LogP contribution in [0.3, 0.4) is 0 Å². The van der Waals surface area contributed by atoms with Gasteiger partial charge in [0.2, 0.25) is 5.91 Å². The van der Waals surface area contributed by atoms with Crippen LogP contribution in [0.4, 0.5) is 10.1 Å². The molecule has 4 nitrogen and oxygen atoms in total. The van der Waals surface area contributed by atoms with Gasteiger partial charge in [-0.1, -0.05) is 0 Å². The molecule has 2 unspecified atom stereocenters. The topological polar surface area (TPSA) is 53.2 Å². The number of hydrazine groups is 1. The number of aryl methyl sites for hydroxylation is 1. The largest absolute Gasteiger partial charge is 0.326 e. The lowest BCUT2D eigenvalue weighted by molar-refractivity contribution is -0.117. The number of hydrogen-bond acceptors (Lipinski definition) is 3. The second-order valence-corrected chi connectivity index (χ2v) is 5.24. The first-order valence-corrected chi connectivity index (χ1v) is 6.54. The third-order valence-corrected chi connectivity index (χ3v) is 3.71. The van der Waals surface area contributed by atoms with Gasteiger partial charge in [-0.2, -0.15) is 0 Å². The number of nitrogens with one attached hydrogen (secondary N) is 3. The molecule has 1 amide bonds. The number of halogens is 1. The molecule has 1 fully saturated rings. The van der Waals surface area contributed by atoms with Gasteiger partial charge in [-0.3, -0.25) is 15.6 Å². The molecular weight excluding hydrogens is 245 g/mol. The van der Waals surface area contributed by atoms with Crippen LogP contribution in [0.1, 0.15) is 25.8 Å². The molecular formula is C14H20FN3O. The summed E-state index contributed by atoms with van der Waals surface area (Å²) in [7, 11) is 0. The molecule has 1 aromatic carbocycles. The van der Waals surface area contributed by atoms with Gasteiger partial charge in [0.05, 0.1) is 0 Å². The van der Waals surface area contributed by atoms with E-state index in [9.17, 15) is 9.18 Å². The number of amides is 1. The summed E-state index contributed by atoms with van der Waals surface area (Å²) in [6.45, 7) is 5.89. The summed E-state index contributed by atoms with van der Waals surface area (Å²) >= 11 is 0. The molecule has 3 N–H and O–H groups in total. The van der Waals surface area contributed by atoms with Gasteiger partial charge in [0, 0.05) is 30.1 Å². The van der Waals surface area contributed by atoms with Crippen molar-refractivity contribution in [3.63, 3.8) is 0 Å². The van der Waals surface area contributed by atoms with E-state index in [0.29, 0.717) is 12.1 Å². The smallest absolute Gasteiger partial charge is 0.224 e. The highest BCUT2D eigenvalue weighted by atomic mass is 19.1. The third kappa shape index (κ3) is 3.30. The van der Waals surface area contributed by atoms with Crippen LogP contribution in [0.15, 0.2) is 18.2 Å². The fraction of sp³-hybridized carbons (Fsp3) is 0.500. The fourth-order valence-corrected chi connectivity index (χ4v) is 2.45. The van der Waals surface area contributed by atoms with Crippen LogP contribution in [-0.4, -0.2) is 18.0 Å². The molecule has 2 atom stereocenters. The van der Waals surface area contributed by atoms with Crippen molar-refractivity contribution in [2.24, 2.45) is 5.92 Å². The van der Waals surface area contributed by atoms with Crippen molar-refractivity contribution in [1.29, 1.82) is 0 Å². The van der Waals surface area contributed by atoms with E-state index >= 15 is 0 Å². The van der Waals surface area contributed by atoms with E-state index in [-0.39, 0.29) is 29.7 Å². The second-order valence-electron chi connectivity index (χ2n) is 5.24. The van der Waals surface area contributed by atoms with Gasteiger partial charge in [-0.15, -0.1) is 0 Å². The van der Waals surface area contributed by atoms with E-state index in [1.807, 2.05) is 0 Å². The zero-order chi connectivity index (χ0) is 14.0. The number of carbonyl (C=O) groups is 1. The Labute approximate surface area is 112 Å². The fourth-order valence-electron chi connectivity index (χ4n) is 2.45. The monoisotopic (exact) mass is 265 g/mol. The van der Waals surface area contributed by atoms with E-state index in [1.54, 1.807) is 13.0 Å². The Hall–Kier alpha value is -1.46. The quantitative estimate of drug-likeness (QED) is 0.783. The lowest BCUT2D eigenvalue weighted by atomic mass is 9.93. The van der Waals surface area contributed by atoms with Crippen molar-refractivity contribution in [2.75, 3.05) is 5.32 Å². The minimum atomic E-state index is -0.290. The van der Waals surface area contributed by atoms with Crippen molar-refractivity contribution in [3.8, 4) is 0 Å². The van der Waals surface area contributed by atoms with Crippen molar-refractivity contribution in [1.82, 2.24) is 10.9 Å². The van der Waals surface area contributed by atoms with Crippen molar-refractivity contribution < 1.29 is 9.18 Å². The van der Waals surface area contributed by atoms with Crippen LogP contribution in [-0.2, 0) is 4.79 Å². The van der Waals surface area contributed by atoms with E-state index in [2.05, 4.69) is 30.0 Å². The SMILES string of the molecule is Cc1cc(F)ccc1NC(=O)CC1C(C)NNC1C. The number of rotatable bonds is 3. The van der Waals surface area contributed by atoms with Crippen LogP contribution in [0.25, 0.3) is 0 Å². The Bertz CT molecular complexity index is 468. The van der Waals surface area contributed by atoms with E-state index in [1.165, 1.54) is 12.1 Å². The van der Waals surface area contributed by atoms with Crippen LogP contribution < -0.4 is 16.2 Å². The molecule has 0 bridgehead atoms. The van der Waals surface area contributed by atoms with Crippen LogP contribution in [0, 0.1) is 18.7 Å². The third-order valence-electron chi connectivity index (χ3n) is 3.71. The number of hydrogen-bond donors (Lipinski definition) is 3. The highest BCUT2D eigenvalue weighted by Gasteiger charge is 2.31. The van der Waals surface area contributed by atoms with Gasteiger partial charge >= 0.3 is 0 Å².